The SMILES string of the molecule is CSc1cc(F)c(N(C)c2nc(Nc3cc(C)[nH]n3)c(C3CC3)c(Nc3cc(C)[nH]n3)n2)c(F)c1. The average molecular weight is 498 g/mol. The van der Waals surface area contributed by atoms with Gasteiger partial charge in [0.2, 0.25) is 5.95 Å². The zero-order valence-electron chi connectivity index (χ0n) is 19.7. The van der Waals surface area contributed by atoms with E-state index in [1.807, 2.05) is 26.0 Å². The number of thioether (sulfide) groups is 1. The summed E-state index contributed by atoms with van der Waals surface area (Å²) < 4.78 is 29.9. The van der Waals surface area contributed by atoms with E-state index in [1.165, 1.54) is 35.8 Å². The van der Waals surface area contributed by atoms with Gasteiger partial charge in [-0.3, -0.25) is 10.2 Å². The van der Waals surface area contributed by atoms with Crippen molar-refractivity contribution < 1.29 is 8.78 Å². The number of anilines is 6. The van der Waals surface area contributed by atoms with E-state index in [9.17, 15) is 8.78 Å². The van der Waals surface area contributed by atoms with Crippen molar-refractivity contribution in [2.45, 2.75) is 37.5 Å². The number of rotatable bonds is 8. The Kier molecular flexibility index (Phi) is 6.05. The summed E-state index contributed by atoms with van der Waals surface area (Å²) >= 11 is 1.27. The number of aromatic amines is 2. The predicted octanol–water partition coefficient (Wildman–Crippen LogP) is 5.67. The molecule has 0 aliphatic heterocycles. The predicted molar refractivity (Wildman–Crippen MR) is 133 cm³/mol. The van der Waals surface area contributed by atoms with Crippen LogP contribution in [0.1, 0.15) is 35.7 Å². The van der Waals surface area contributed by atoms with Crippen molar-refractivity contribution in [3.05, 3.63) is 52.9 Å². The van der Waals surface area contributed by atoms with Crippen LogP contribution in [-0.4, -0.2) is 43.7 Å². The first-order valence-electron chi connectivity index (χ1n) is 11.1. The average Bonchev–Trinajstić information content (AvgIpc) is 3.44. The lowest BCUT2D eigenvalue weighted by Gasteiger charge is -2.22. The third kappa shape index (κ3) is 4.78. The zero-order chi connectivity index (χ0) is 24.7. The smallest absolute Gasteiger partial charge is 0.233 e. The molecule has 5 rings (SSSR count). The van der Waals surface area contributed by atoms with E-state index in [4.69, 9.17) is 9.97 Å². The summed E-state index contributed by atoms with van der Waals surface area (Å²) in [5, 5.41) is 20.8. The molecule has 0 radical (unpaired) electrons. The molecule has 4 N–H and O–H groups in total. The molecule has 1 fully saturated rings. The van der Waals surface area contributed by atoms with Gasteiger partial charge in [-0.05, 0) is 51.0 Å². The molecular weight excluding hydrogens is 472 g/mol. The van der Waals surface area contributed by atoms with Crippen LogP contribution in [0.3, 0.4) is 0 Å². The summed E-state index contributed by atoms with van der Waals surface area (Å²) in [6, 6.07) is 6.31. The van der Waals surface area contributed by atoms with Gasteiger partial charge in [-0.1, -0.05) is 0 Å². The van der Waals surface area contributed by atoms with Gasteiger partial charge in [0, 0.05) is 41.0 Å². The molecule has 182 valence electrons. The van der Waals surface area contributed by atoms with Crippen LogP contribution in [0.2, 0.25) is 0 Å². The number of nitrogens with one attached hydrogen (secondary N) is 4. The van der Waals surface area contributed by atoms with Crippen molar-refractivity contribution in [1.82, 2.24) is 30.4 Å². The molecule has 1 aliphatic carbocycles. The highest BCUT2D eigenvalue weighted by atomic mass is 32.2. The van der Waals surface area contributed by atoms with Gasteiger partial charge >= 0.3 is 0 Å². The molecular formula is C23H25F2N9S. The molecule has 0 saturated heterocycles. The Hall–Kier alpha value is -3.67. The van der Waals surface area contributed by atoms with Crippen molar-refractivity contribution in [2.75, 3.05) is 28.8 Å². The van der Waals surface area contributed by atoms with Crippen LogP contribution in [0.4, 0.5) is 43.7 Å². The van der Waals surface area contributed by atoms with Gasteiger partial charge in [-0.15, -0.1) is 11.8 Å². The second-order valence-electron chi connectivity index (χ2n) is 8.53. The molecule has 3 heterocycles. The molecule has 0 atom stereocenters. The molecule has 0 bridgehead atoms. The van der Waals surface area contributed by atoms with Crippen LogP contribution < -0.4 is 15.5 Å². The van der Waals surface area contributed by atoms with Gasteiger partial charge in [0.25, 0.3) is 0 Å². The van der Waals surface area contributed by atoms with E-state index in [0.717, 1.165) is 29.8 Å². The van der Waals surface area contributed by atoms with E-state index < -0.39 is 11.6 Å². The molecule has 0 unspecified atom stereocenters. The minimum absolute atomic E-state index is 0.119. The Morgan fingerprint density at radius 3 is 1.83 bits per heavy atom. The molecule has 0 amide bonds. The molecule has 9 nitrogen and oxygen atoms in total. The van der Waals surface area contributed by atoms with Crippen molar-refractivity contribution in [1.29, 1.82) is 0 Å². The largest absolute Gasteiger partial charge is 0.323 e. The number of benzene rings is 1. The Bertz CT molecular complexity index is 1290. The fraction of sp³-hybridized carbons (Fsp3) is 0.304. The Balaban J connectivity index is 1.63. The monoisotopic (exact) mass is 497 g/mol. The fourth-order valence-electron chi connectivity index (χ4n) is 3.84. The lowest BCUT2D eigenvalue weighted by atomic mass is 10.1. The quantitative estimate of drug-likeness (QED) is 0.230. The van der Waals surface area contributed by atoms with Crippen molar-refractivity contribution in [3.8, 4) is 0 Å². The molecule has 35 heavy (non-hydrogen) atoms. The maximum atomic E-state index is 14.9. The molecule has 12 heteroatoms. The van der Waals surface area contributed by atoms with E-state index >= 15 is 0 Å². The van der Waals surface area contributed by atoms with Gasteiger partial charge in [0.1, 0.15) is 17.3 Å². The standard InChI is InChI=1S/C23H25F2N9S/c1-11-7-17(32-30-11)26-21-19(13-5-6-13)22(27-18-8-12(2)31-33-18)29-23(28-21)34(3)20-15(24)9-14(35-4)10-16(20)25/h7-10,13H,5-6H2,1-4H3,(H4,26,27,28,29,30,31,32,33). The highest BCUT2D eigenvalue weighted by Crippen LogP contribution is 2.47. The third-order valence-electron chi connectivity index (χ3n) is 5.69. The Morgan fingerprint density at radius 2 is 1.43 bits per heavy atom. The summed E-state index contributed by atoms with van der Waals surface area (Å²) in [5.74, 6) is 1.18. The van der Waals surface area contributed by atoms with Gasteiger partial charge in [0.05, 0.1) is 0 Å². The topological polar surface area (TPSA) is 110 Å². The number of nitrogens with zero attached hydrogens (tertiary/aromatic N) is 5. The van der Waals surface area contributed by atoms with Gasteiger partial charge in [0.15, 0.2) is 23.3 Å². The number of aryl methyl sites for hydroxylation is 2. The fourth-order valence-corrected chi connectivity index (χ4v) is 4.29. The summed E-state index contributed by atoms with van der Waals surface area (Å²) in [6.45, 7) is 3.80. The van der Waals surface area contributed by atoms with E-state index in [2.05, 4.69) is 31.0 Å². The second kappa shape index (κ2) is 9.17. The zero-order valence-corrected chi connectivity index (χ0v) is 20.5. The minimum atomic E-state index is -0.693. The highest BCUT2D eigenvalue weighted by Gasteiger charge is 2.33. The molecule has 3 aromatic heterocycles. The van der Waals surface area contributed by atoms with Crippen molar-refractivity contribution in [2.24, 2.45) is 0 Å². The van der Waals surface area contributed by atoms with Crippen LogP contribution in [0.15, 0.2) is 29.2 Å². The van der Waals surface area contributed by atoms with E-state index in [-0.39, 0.29) is 17.6 Å². The summed E-state index contributed by atoms with van der Waals surface area (Å²) in [5.41, 5.74) is 2.41. The van der Waals surface area contributed by atoms with E-state index in [0.29, 0.717) is 28.2 Å². The number of halogens is 2. The molecule has 4 aromatic rings. The van der Waals surface area contributed by atoms with Crippen LogP contribution in [0.25, 0.3) is 0 Å². The summed E-state index contributed by atoms with van der Waals surface area (Å²) in [4.78, 5) is 11.2. The molecule has 1 aromatic carbocycles. The van der Waals surface area contributed by atoms with Gasteiger partial charge < -0.3 is 15.5 Å². The van der Waals surface area contributed by atoms with Crippen LogP contribution in [0, 0.1) is 25.5 Å². The number of H-pyrrole nitrogens is 2. The number of aromatic nitrogens is 6. The number of hydrogen-bond acceptors (Lipinski definition) is 8. The maximum Gasteiger partial charge on any atom is 0.233 e. The first-order valence-corrected chi connectivity index (χ1v) is 12.3. The first kappa shape index (κ1) is 23.1. The molecule has 0 spiro atoms. The highest BCUT2D eigenvalue weighted by molar-refractivity contribution is 7.98. The molecule has 1 aliphatic rings. The minimum Gasteiger partial charge on any atom is -0.323 e. The number of hydrogen-bond donors (Lipinski definition) is 4. The van der Waals surface area contributed by atoms with Crippen LogP contribution in [0.5, 0.6) is 0 Å². The normalized spacial score (nSPS) is 13.2. The maximum absolute atomic E-state index is 14.9. The van der Waals surface area contributed by atoms with Crippen LogP contribution in [-0.2, 0) is 0 Å². The lowest BCUT2D eigenvalue weighted by molar-refractivity contribution is 0.577. The van der Waals surface area contributed by atoms with Crippen LogP contribution >= 0.6 is 11.8 Å². The summed E-state index contributed by atoms with van der Waals surface area (Å²) in [6.07, 6.45) is 3.74. The second-order valence-corrected chi connectivity index (χ2v) is 9.41. The van der Waals surface area contributed by atoms with E-state index in [1.54, 1.807) is 6.26 Å². The Labute approximate surface area is 205 Å². The van der Waals surface area contributed by atoms with Crippen molar-refractivity contribution >= 4 is 46.7 Å². The lowest BCUT2D eigenvalue weighted by Crippen LogP contribution is -2.19. The van der Waals surface area contributed by atoms with Gasteiger partial charge in [-0.2, -0.15) is 20.2 Å². The summed E-state index contributed by atoms with van der Waals surface area (Å²) in [7, 11) is 1.54. The Morgan fingerprint density at radius 1 is 0.914 bits per heavy atom. The first-order chi connectivity index (χ1) is 16.8. The van der Waals surface area contributed by atoms with Gasteiger partial charge in [-0.25, -0.2) is 8.78 Å². The third-order valence-corrected chi connectivity index (χ3v) is 6.39. The van der Waals surface area contributed by atoms with Crippen molar-refractivity contribution in [3.63, 3.8) is 0 Å². The molecule has 1 saturated carbocycles.